The molecule has 0 aliphatic rings. The molecule has 3 N–H and O–H groups in total. The molecular formula is C11H9F2N3. The van der Waals surface area contributed by atoms with Gasteiger partial charge in [-0.1, -0.05) is 0 Å². The molecule has 2 aromatic rings. The number of hydrogen-bond acceptors (Lipinski definition) is 3. The van der Waals surface area contributed by atoms with Crippen LogP contribution in [-0.2, 0) is 0 Å². The number of pyridine rings is 1. The van der Waals surface area contributed by atoms with Gasteiger partial charge in [0.05, 0.1) is 11.4 Å². The van der Waals surface area contributed by atoms with E-state index in [9.17, 15) is 8.78 Å². The molecule has 2 rings (SSSR count). The van der Waals surface area contributed by atoms with Crippen molar-refractivity contribution < 1.29 is 8.78 Å². The van der Waals surface area contributed by atoms with Crippen LogP contribution in [0.4, 0.5) is 14.5 Å². The first-order chi connectivity index (χ1) is 7.70. The van der Waals surface area contributed by atoms with Gasteiger partial charge < -0.3 is 5.43 Å². The number of nitrogens with one attached hydrogen (secondary N) is 1. The Morgan fingerprint density at radius 3 is 2.69 bits per heavy atom. The number of aromatic nitrogens is 1. The molecule has 0 aliphatic carbocycles. The standard InChI is InChI=1S/C11H9F2N3/c12-7-1-2-10(13)9(5-7)11-6-8(16-14)3-4-15-11/h1-6H,14H2,(H,15,16). The summed E-state index contributed by atoms with van der Waals surface area (Å²) in [6.45, 7) is 0. The van der Waals surface area contributed by atoms with E-state index in [0.717, 1.165) is 18.2 Å². The van der Waals surface area contributed by atoms with Gasteiger partial charge in [-0.3, -0.25) is 10.8 Å². The zero-order chi connectivity index (χ0) is 11.5. The van der Waals surface area contributed by atoms with E-state index in [2.05, 4.69) is 10.4 Å². The summed E-state index contributed by atoms with van der Waals surface area (Å²) in [6.07, 6.45) is 1.47. The Hall–Kier alpha value is -2.01. The number of rotatable bonds is 2. The first-order valence-electron chi connectivity index (χ1n) is 4.59. The van der Waals surface area contributed by atoms with E-state index in [1.54, 1.807) is 6.07 Å². The lowest BCUT2D eigenvalue weighted by atomic mass is 10.1. The van der Waals surface area contributed by atoms with Gasteiger partial charge in [-0.05, 0) is 30.3 Å². The van der Waals surface area contributed by atoms with Crippen LogP contribution < -0.4 is 11.3 Å². The number of hydrazine groups is 1. The van der Waals surface area contributed by atoms with Crippen LogP contribution >= 0.6 is 0 Å². The molecule has 16 heavy (non-hydrogen) atoms. The number of hydrogen-bond donors (Lipinski definition) is 2. The van der Waals surface area contributed by atoms with Crippen LogP contribution in [0.15, 0.2) is 36.5 Å². The van der Waals surface area contributed by atoms with Crippen molar-refractivity contribution in [2.75, 3.05) is 5.43 Å². The van der Waals surface area contributed by atoms with Gasteiger partial charge in [0.15, 0.2) is 0 Å². The number of nitrogen functional groups attached to an aromatic ring is 1. The number of nitrogens with zero attached hydrogens (tertiary/aromatic N) is 1. The summed E-state index contributed by atoms with van der Waals surface area (Å²) in [5.41, 5.74) is 3.43. The Bertz CT molecular complexity index is 514. The van der Waals surface area contributed by atoms with Gasteiger partial charge in [-0.2, -0.15) is 0 Å². The molecule has 0 spiro atoms. The van der Waals surface area contributed by atoms with Gasteiger partial charge in [-0.25, -0.2) is 8.78 Å². The van der Waals surface area contributed by atoms with Gasteiger partial charge >= 0.3 is 0 Å². The van der Waals surface area contributed by atoms with E-state index in [1.165, 1.54) is 12.3 Å². The van der Waals surface area contributed by atoms with Gasteiger partial charge in [0, 0.05) is 11.8 Å². The maximum absolute atomic E-state index is 13.4. The summed E-state index contributed by atoms with van der Waals surface area (Å²) in [4.78, 5) is 3.96. The predicted molar refractivity (Wildman–Crippen MR) is 57.4 cm³/mol. The molecule has 82 valence electrons. The zero-order valence-electron chi connectivity index (χ0n) is 8.24. The second-order valence-electron chi connectivity index (χ2n) is 3.20. The average molecular weight is 221 g/mol. The molecule has 0 saturated heterocycles. The highest BCUT2D eigenvalue weighted by molar-refractivity contribution is 5.64. The molecule has 1 aromatic carbocycles. The summed E-state index contributed by atoms with van der Waals surface area (Å²) in [7, 11) is 0. The maximum atomic E-state index is 13.4. The van der Waals surface area contributed by atoms with E-state index >= 15 is 0 Å². The molecule has 0 fully saturated rings. The summed E-state index contributed by atoms with van der Waals surface area (Å²) < 4.78 is 26.4. The minimum absolute atomic E-state index is 0.108. The number of nitrogens with two attached hydrogens (primary N) is 1. The van der Waals surface area contributed by atoms with Crippen LogP contribution in [0.5, 0.6) is 0 Å². The third-order valence-electron chi connectivity index (χ3n) is 2.13. The molecule has 0 radical (unpaired) electrons. The lowest BCUT2D eigenvalue weighted by Crippen LogP contribution is -2.06. The van der Waals surface area contributed by atoms with Crippen molar-refractivity contribution in [2.24, 2.45) is 5.84 Å². The highest BCUT2D eigenvalue weighted by Crippen LogP contribution is 2.23. The van der Waals surface area contributed by atoms with Crippen molar-refractivity contribution in [3.8, 4) is 11.3 Å². The fourth-order valence-electron chi connectivity index (χ4n) is 1.36. The van der Waals surface area contributed by atoms with Crippen LogP contribution in [0, 0.1) is 11.6 Å². The molecule has 3 nitrogen and oxygen atoms in total. The molecule has 0 aliphatic heterocycles. The van der Waals surface area contributed by atoms with Gasteiger partial charge in [0.2, 0.25) is 0 Å². The fourth-order valence-corrected chi connectivity index (χ4v) is 1.36. The van der Waals surface area contributed by atoms with Crippen LogP contribution in [0.25, 0.3) is 11.3 Å². The Kier molecular flexibility index (Phi) is 2.78. The normalized spacial score (nSPS) is 10.2. The molecule has 1 heterocycles. The molecule has 0 atom stereocenters. The van der Waals surface area contributed by atoms with Crippen molar-refractivity contribution in [2.45, 2.75) is 0 Å². The SMILES string of the molecule is NNc1ccnc(-c2cc(F)ccc2F)c1. The molecule has 0 saturated carbocycles. The molecule has 1 aromatic heterocycles. The molecular weight excluding hydrogens is 212 g/mol. The van der Waals surface area contributed by atoms with Gasteiger partial charge in [-0.15, -0.1) is 0 Å². The topological polar surface area (TPSA) is 50.9 Å². The van der Waals surface area contributed by atoms with Crippen LogP contribution in [0.1, 0.15) is 0 Å². The Balaban J connectivity index is 2.53. The summed E-state index contributed by atoms with van der Waals surface area (Å²) in [6, 6.07) is 6.38. The largest absolute Gasteiger partial charge is 0.324 e. The molecule has 0 bridgehead atoms. The summed E-state index contributed by atoms with van der Waals surface area (Å²) in [5.74, 6) is 4.18. The summed E-state index contributed by atoms with van der Waals surface area (Å²) in [5, 5.41) is 0. The van der Waals surface area contributed by atoms with Gasteiger partial charge in [0.25, 0.3) is 0 Å². The van der Waals surface area contributed by atoms with E-state index in [4.69, 9.17) is 5.84 Å². The smallest absolute Gasteiger partial charge is 0.132 e. The fraction of sp³-hybridized carbons (Fsp3) is 0. The quantitative estimate of drug-likeness (QED) is 0.604. The maximum Gasteiger partial charge on any atom is 0.132 e. The third kappa shape index (κ3) is 1.99. The first kappa shape index (κ1) is 10.5. The second kappa shape index (κ2) is 4.24. The van der Waals surface area contributed by atoms with E-state index in [-0.39, 0.29) is 5.56 Å². The first-order valence-corrected chi connectivity index (χ1v) is 4.59. The van der Waals surface area contributed by atoms with Crippen molar-refractivity contribution >= 4 is 5.69 Å². The van der Waals surface area contributed by atoms with E-state index < -0.39 is 11.6 Å². The van der Waals surface area contributed by atoms with Crippen molar-refractivity contribution in [3.63, 3.8) is 0 Å². The zero-order valence-corrected chi connectivity index (χ0v) is 8.24. The van der Waals surface area contributed by atoms with Crippen LogP contribution in [-0.4, -0.2) is 4.98 Å². The summed E-state index contributed by atoms with van der Waals surface area (Å²) >= 11 is 0. The van der Waals surface area contributed by atoms with Crippen molar-refractivity contribution in [1.82, 2.24) is 4.98 Å². The number of anilines is 1. The minimum Gasteiger partial charge on any atom is -0.324 e. The second-order valence-corrected chi connectivity index (χ2v) is 3.20. The molecule has 5 heteroatoms. The van der Waals surface area contributed by atoms with Gasteiger partial charge in [0.1, 0.15) is 11.6 Å². The molecule has 0 amide bonds. The minimum atomic E-state index is -0.525. The Morgan fingerprint density at radius 1 is 1.12 bits per heavy atom. The number of benzene rings is 1. The number of halogens is 2. The lowest BCUT2D eigenvalue weighted by molar-refractivity contribution is 0.602. The van der Waals surface area contributed by atoms with E-state index in [0.29, 0.717) is 11.4 Å². The highest BCUT2D eigenvalue weighted by atomic mass is 19.1. The molecule has 0 unspecified atom stereocenters. The van der Waals surface area contributed by atoms with E-state index in [1.807, 2.05) is 0 Å². The highest BCUT2D eigenvalue weighted by Gasteiger charge is 2.08. The average Bonchev–Trinajstić information content (AvgIpc) is 2.32. The van der Waals surface area contributed by atoms with Crippen LogP contribution in [0.3, 0.4) is 0 Å². The van der Waals surface area contributed by atoms with Crippen molar-refractivity contribution in [3.05, 3.63) is 48.2 Å². The Labute approximate surface area is 90.9 Å². The van der Waals surface area contributed by atoms with Crippen molar-refractivity contribution in [1.29, 1.82) is 0 Å². The predicted octanol–water partition coefficient (Wildman–Crippen LogP) is 2.31. The Morgan fingerprint density at radius 2 is 1.94 bits per heavy atom. The monoisotopic (exact) mass is 221 g/mol. The lowest BCUT2D eigenvalue weighted by Gasteiger charge is -2.05. The van der Waals surface area contributed by atoms with Crippen LogP contribution in [0.2, 0.25) is 0 Å². The third-order valence-corrected chi connectivity index (χ3v) is 2.13.